The zero-order valence-electron chi connectivity index (χ0n) is 7.29. The summed E-state index contributed by atoms with van der Waals surface area (Å²) in [6, 6.07) is 9.50. The summed E-state index contributed by atoms with van der Waals surface area (Å²) in [6.07, 6.45) is 0.676. The van der Waals surface area contributed by atoms with Gasteiger partial charge in [0.2, 0.25) is 5.91 Å². The molecule has 0 aliphatic carbocycles. The van der Waals surface area contributed by atoms with Gasteiger partial charge < -0.3 is 11.1 Å². The van der Waals surface area contributed by atoms with Crippen LogP contribution in [0.4, 0.5) is 0 Å². The van der Waals surface area contributed by atoms with Crippen molar-refractivity contribution in [2.45, 2.75) is 12.0 Å². The van der Waals surface area contributed by atoms with Gasteiger partial charge in [-0.2, -0.15) is 0 Å². The molecule has 3 heteroatoms. The molecule has 1 atom stereocenters. The largest absolute Gasteiger partial charge is 0.354 e. The Bertz CT molecular complexity index is 323. The molecule has 1 aliphatic rings. The molecule has 1 aromatic rings. The molecule has 1 unspecified atom stereocenters. The summed E-state index contributed by atoms with van der Waals surface area (Å²) < 4.78 is 0. The van der Waals surface area contributed by atoms with E-state index in [1.807, 2.05) is 30.3 Å². The number of amides is 1. The van der Waals surface area contributed by atoms with Crippen LogP contribution in [0.15, 0.2) is 30.3 Å². The summed E-state index contributed by atoms with van der Waals surface area (Å²) >= 11 is 0. The third-order valence-electron chi connectivity index (χ3n) is 2.50. The number of rotatable bonds is 1. The molecule has 0 radical (unpaired) electrons. The molecule has 0 bridgehead atoms. The van der Waals surface area contributed by atoms with E-state index in [9.17, 15) is 4.79 Å². The van der Waals surface area contributed by atoms with Crippen LogP contribution in [0, 0.1) is 0 Å². The maximum absolute atomic E-state index is 11.5. The summed E-state index contributed by atoms with van der Waals surface area (Å²) in [5, 5.41) is 2.74. The Hall–Kier alpha value is -1.35. The fourth-order valence-electron chi connectivity index (χ4n) is 1.66. The highest BCUT2D eigenvalue weighted by molar-refractivity contribution is 5.89. The average Bonchev–Trinajstić information content (AvgIpc) is 2.50. The highest BCUT2D eigenvalue weighted by Crippen LogP contribution is 2.25. The van der Waals surface area contributed by atoms with Gasteiger partial charge >= 0.3 is 0 Å². The van der Waals surface area contributed by atoms with Gasteiger partial charge in [0.05, 0.1) is 0 Å². The van der Waals surface area contributed by atoms with Crippen molar-refractivity contribution in [3.63, 3.8) is 0 Å². The lowest BCUT2D eigenvalue weighted by molar-refractivity contribution is -0.123. The predicted molar refractivity (Wildman–Crippen MR) is 49.9 cm³/mol. The van der Waals surface area contributed by atoms with Crippen LogP contribution in [0.3, 0.4) is 0 Å². The first-order valence-corrected chi connectivity index (χ1v) is 4.36. The number of carbonyl (C=O) groups is 1. The van der Waals surface area contributed by atoms with Crippen LogP contribution >= 0.6 is 0 Å². The highest BCUT2D eigenvalue weighted by atomic mass is 16.2. The summed E-state index contributed by atoms with van der Waals surface area (Å²) in [7, 11) is 0. The maximum atomic E-state index is 11.5. The molecule has 2 rings (SSSR count). The highest BCUT2D eigenvalue weighted by Gasteiger charge is 2.39. The Balaban J connectivity index is 2.40. The van der Waals surface area contributed by atoms with Crippen LogP contribution in [0.2, 0.25) is 0 Å². The van der Waals surface area contributed by atoms with E-state index < -0.39 is 5.54 Å². The van der Waals surface area contributed by atoms with Crippen molar-refractivity contribution in [3.8, 4) is 0 Å². The predicted octanol–water partition coefficient (Wildman–Crippen LogP) is 0.360. The second-order valence-electron chi connectivity index (χ2n) is 3.34. The molecule has 1 aromatic carbocycles. The van der Waals surface area contributed by atoms with E-state index >= 15 is 0 Å². The normalized spacial score (nSPS) is 27.3. The van der Waals surface area contributed by atoms with Gasteiger partial charge in [0.25, 0.3) is 0 Å². The number of hydrogen-bond donors (Lipinski definition) is 2. The maximum Gasteiger partial charge on any atom is 0.244 e. The third-order valence-corrected chi connectivity index (χ3v) is 2.50. The molecular weight excluding hydrogens is 164 g/mol. The molecule has 1 heterocycles. The second-order valence-corrected chi connectivity index (χ2v) is 3.34. The second kappa shape index (κ2) is 2.85. The minimum Gasteiger partial charge on any atom is -0.354 e. The van der Waals surface area contributed by atoms with Gasteiger partial charge in [-0.25, -0.2) is 0 Å². The number of hydrogen-bond acceptors (Lipinski definition) is 2. The van der Waals surface area contributed by atoms with Crippen LogP contribution in [-0.4, -0.2) is 12.5 Å². The Kier molecular flexibility index (Phi) is 1.81. The molecule has 3 nitrogen and oxygen atoms in total. The van der Waals surface area contributed by atoms with E-state index in [-0.39, 0.29) is 5.91 Å². The number of benzene rings is 1. The number of nitrogens with two attached hydrogens (primary N) is 1. The Labute approximate surface area is 76.9 Å². The molecule has 0 aromatic heterocycles. The first-order valence-electron chi connectivity index (χ1n) is 4.36. The van der Waals surface area contributed by atoms with Crippen LogP contribution < -0.4 is 11.1 Å². The van der Waals surface area contributed by atoms with E-state index in [0.717, 1.165) is 5.56 Å². The summed E-state index contributed by atoms with van der Waals surface area (Å²) in [5.41, 5.74) is 6.10. The van der Waals surface area contributed by atoms with Crippen molar-refractivity contribution in [1.82, 2.24) is 5.32 Å². The zero-order chi connectivity index (χ0) is 9.31. The zero-order valence-corrected chi connectivity index (χ0v) is 7.29. The van der Waals surface area contributed by atoms with Crippen molar-refractivity contribution in [1.29, 1.82) is 0 Å². The van der Waals surface area contributed by atoms with Crippen LogP contribution in [-0.2, 0) is 10.3 Å². The van der Waals surface area contributed by atoms with E-state index in [1.165, 1.54) is 0 Å². The molecule has 1 amide bonds. The third kappa shape index (κ3) is 1.21. The van der Waals surface area contributed by atoms with Gasteiger partial charge in [-0.15, -0.1) is 0 Å². The van der Waals surface area contributed by atoms with E-state index in [4.69, 9.17) is 5.73 Å². The first-order chi connectivity index (χ1) is 6.23. The lowest BCUT2D eigenvalue weighted by atomic mass is 9.90. The minimum absolute atomic E-state index is 0.0706. The minimum atomic E-state index is -0.804. The van der Waals surface area contributed by atoms with Gasteiger partial charge in [0, 0.05) is 6.54 Å². The fraction of sp³-hybridized carbons (Fsp3) is 0.300. The van der Waals surface area contributed by atoms with Crippen LogP contribution in [0.5, 0.6) is 0 Å². The summed E-state index contributed by atoms with van der Waals surface area (Å²) in [5.74, 6) is -0.0706. The monoisotopic (exact) mass is 176 g/mol. The molecule has 1 saturated heterocycles. The van der Waals surface area contributed by atoms with Crippen LogP contribution in [0.1, 0.15) is 12.0 Å². The van der Waals surface area contributed by atoms with Crippen molar-refractivity contribution in [3.05, 3.63) is 35.9 Å². The molecule has 0 saturated carbocycles. The van der Waals surface area contributed by atoms with Gasteiger partial charge in [-0.1, -0.05) is 30.3 Å². The lowest BCUT2D eigenvalue weighted by Crippen LogP contribution is -2.43. The smallest absolute Gasteiger partial charge is 0.244 e. The molecule has 3 N–H and O–H groups in total. The van der Waals surface area contributed by atoms with Crippen molar-refractivity contribution < 1.29 is 4.79 Å². The first kappa shape index (κ1) is 8.26. The molecule has 1 aliphatic heterocycles. The molecule has 68 valence electrons. The SMILES string of the molecule is NC1(c2ccccc2)CCNC1=O. The summed E-state index contributed by atoms with van der Waals surface area (Å²) in [6.45, 7) is 0.671. The van der Waals surface area contributed by atoms with Gasteiger partial charge in [0.15, 0.2) is 0 Å². The molecule has 1 fully saturated rings. The number of carbonyl (C=O) groups excluding carboxylic acids is 1. The topological polar surface area (TPSA) is 55.1 Å². The van der Waals surface area contributed by atoms with Crippen LogP contribution in [0.25, 0.3) is 0 Å². The Morgan fingerprint density at radius 2 is 2.00 bits per heavy atom. The van der Waals surface area contributed by atoms with Gasteiger partial charge in [-0.3, -0.25) is 4.79 Å². The van der Waals surface area contributed by atoms with E-state index in [1.54, 1.807) is 0 Å². The standard InChI is InChI=1S/C10H12N2O/c11-10(6-7-12-9(10)13)8-4-2-1-3-5-8/h1-5H,6-7,11H2,(H,12,13). The quantitative estimate of drug-likeness (QED) is 0.649. The van der Waals surface area contributed by atoms with Crippen molar-refractivity contribution in [2.75, 3.05) is 6.54 Å². The molecule has 13 heavy (non-hydrogen) atoms. The van der Waals surface area contributed by atoms with Crippen molar-refractivity contribution in [2.24, 2.45) is 5.73 Å². The van der Waals surface area contributed by atoms with E-state index in [2.05, 4.69) is 5.32 Å². The Morgan fingerprint density at radius 3 is 2.54 bits per heavy atom. The summed E-state index contributed by atoms with van der Waals surface area (Å²) in [4.78, 5) is 11.5. The van der Waals surface area contributed by atoms with E-state index in [0.29, 0.717) is 13.0 Å². The van der Waals surface area contributed by atoms with Gasteiger partial charge in [-0.05, 0) is 12.0 Å². The van der Waals surface area contributed by atoms with Gasteiger partial charge in [0.1, 0.15) is 5.54 Å². The fourth-order valence-corrected chi connectivity index (χ4v) is 1.66. The number of nitrogens with one attached hydrogen (secondary N) is 1. The van der Waals surface area contributed by atoms with Crippen molar-refractivity contribution >= 4 is 5.91 Å². The lowest BCUT2D eigenvalue weighted by Gasteiger charge is -2.20. The molecular formula is C10H12N2O. The molecule has 0 spiro atoms. The Morgan fingerprint density at radius 1 is 1.31 bits per heavy atom. The average molecular weight is 176 g/mol.